The van der Waals surface area contributed by atoms with E-state index >= 15 is 0 Å². The Hall–Kier alpha value is -1.55. The van der Waals surface area contributed by atoms with Crippen molar-refractivity contribution >= 4 is 6.09 Å². The van der Waals surface area contributed by atoms with Crippen LogP contribution < -0.4 is 11.5 Å². The van der Waals surface area contributed by atoms with Gasteiger partial charge in [-0.3, -0.25) is 0 Å². The lowest BCUT2D eigenvalue weighted by Gasteiger charge is -2.29. The molecule has 0 aliphatic heterocycles. The van der Waals surface area contributed by atoms with E-state index in [0.717, 1.165) is 5.56 Å². The highest BCUT2D eigenvalue weighted by molar-refractivity contribution is 5.65. The maximum Gasteiger partial charge on any atom is 0.404 e. The molecule has 0 aliphatic rings. The van der Waals surface area contributed by atoms with Crippen LogP contribution in [0.15, 0.2) is 30.3 Å². The minimum Gasteiger partial charge on any atom is -0.444 e. The quantitative estimate of drug-likeness (QED) is 0.808. The van der Waals surface area contributed by atoms with E-state index < -0.39 is 17.7 Å². The number of amides is 1. The first-order valence-corrected chi connectivity index (χ1v) is 5.18. The van der Waals surface area contributed by atoms with Gasteiger partial charge in [0.25, 0.3) is 0 Å². The number of primary amides is 1. The van der Waals surface area contributed by atoms with Crippen LogP contribution in [0.3, 0.4) is 0 Å². The van der Waals surface area contributed by atoms with E-state index in [2.05, 4.69) is 0 Å². The molecule has 88 valence electrons. The molecule has 4 nitrogen and oxygen atoms in total. The van der Waals surface area contributed by atoms with Gasteiger partial charge in [-0.2, -0.15) is 0 Å². The highest BCUT2D eigenvalue weighted by atomic mass is 16.6. The molecule has 1 unspecified atom stereocenters. The maximum absolute atomic E-state index is 10.8. The second-order valence-electron chi connectivity index (χ2n) is 4.44. The Bertz CT molecular complexity index is 344. The lowest BCUT2D eigenvalue weighted by Crippen LogP contribution is -2.49. The summed E-state index contributed by atoms with van der Waals surface area (Å²) in [5.74, 6) is 0. The number of ether oxygens (including phenoxy) is 1. The van der Waals surface area contributed by atoms with Crippen molar-refractivity contribution in [2.75, 3.05) is 0 Å². The summed E-state index contributed by atoms with van der Waals surface area (Å²) in [4.78, 5) is 10.8. The Morgan fingerprint density at radius 2 is 1.94 bits per heavy atom. The van der Waals surface area contributed by atoms with Gasteiger partial charge in [-0.25, -0.2) is 4.79 Å². The van der Waals surface area contributed by atoms with Gasteiger partial charge < -0.3 is 16.2 Å². The van der Waals surface area contributed by atoms with E-state index in [1.807, 2.05) is 44.2 Å². The maximum atomic E-state index is 10.8. The van der Waals surface area contributed by atoms with Crippen molar-refractivity contribution in [1.82, 2.24) is 0 Å². The van der Waals surface area contributed by atoms with Crippen molar-refractivity contribution in [2.45, 2.75) is 31.9 Å². The zero-order valence-electron chi connectivity index (χ0n) is 9.64. The van der Waals surface area contributed by atoms with Crippen LogP contribution >= 0.6 is 0 Å². The van der Waals surface area contributed by atoms with E-state index in [0.29, 0.717) is 6.42 Å². The van der Waals surface area contributed by atoms with Crippen LogP contribution in [0.5, 0.6) is 0 Å². The zero-order valence-corrected chi connectivity index (χ0v) is 9.64. The number of carbonyl (C=O) groups excluding carboxylic acids is 1. The largest absolute Gasteiger partial charge is 0.444 e. The Morgan fingerprint density at radius 3 is 2.38 bits per heavy atom. The van der Waals surface area contributed by atoms with E-state index in [9.17, 15) is 4.79 Å². The van der Waals surface area contributed by atoms with Crippen LogP contribution in [0.1, 0.15) is 19.4 Å². The molecule has 0 spiro atoms. The Balaban J connectivity index is 2.75. The molecule has 0 aromatic heterocycles. The lowest BCUT2D eigenvalue weighted by molar-refractivity contribution is 0.0658. The van der Waals surface area contributed by atoms with E-state index in [1.165, 1.54) is 0 Å². The van der Waals surface area contributed by atoms with Crippen LogP contribution in [-0.4, -0.2) is 17.7 Å². The third kappa shape index (κ3) is 3.90. The van der Waals surface area contributed by atoms with Gasteiger partial charge in [-0.1, -0.05) is 30.3 Å². The monoisotopic (exact) mass is 222 g/mol. The first kappa shape index (κ1) is 12.5. The van der Waals surface area contributed by atoms with Crippen LogP contribution in [0, 0.1) is 0 Å². The summed E-state index contributed by atoms with van der Waals surface area (Å²) in [7, 11) is 0. The molecular formula is C12H18N2O2. The van der Waals surface area contributed by atoms with Crippen molar-refractivity contribution in [3.8, 4) is 0 Å². The fraction of sp³-hybridized carbons (Fsp3) is 0.417. The summed E-state index contributed by atoms with van der Waals surface area (Å²) in [5, 5.41) is 0. The number of nitrogens with two attached hydrogens (primary N) is 2. The standard InChI is InChI=1S/C12H18N2O2/c1-12(2,14)10(16-11(13)15)8-9-6-4-3-5-7-9/h3-7,10H,8,14H2,1-2H3,(H2,13,15). The van der Waals surface area contributed by atoms with Gasteiger partial charge in [-0.15, -0.1) is 0 Å². The summed E-state index contributed by atoms with van der Waals surface area (Å²) in [6, 6.07) is 9.72. The summed E-state index contributed by atoms with van der Waals surface area (Å²) < 4.78 is 5.03. The zero-order chi connectivity index (χ0) is 12.2. The van der Waals surface area contributed by atoms with Crippen molar-refractivity contribution in [3.05, 3.63) is 35.9 Å². The normalized spacial score (nSPS) is 13.2. The first-order chi connectivity index (χ1) is 7.39. The number of hydrogen-bond acceptors (Lipinski definition) is 3. The SMILES string of the molecule is CC(C)(N)C(Cc1ccccc1)OC(N)=O. The number of rotatable bonds is 4. The Labute approximate surface area is 95.6 Å². The molecular weight excluding hydrogens is 204 g/mol. The average molecular weight is 222 g/mol. The van der Waals surface area contributed by atoms with Crippen molar-refractivity contribution in [3.63, 3.8) is 0 Å². The predicted molar refractivity (Wildman–Crippen MR) is 62.9 cm³/mol. The van der Waals surface area contributed by atoms with Gasteiger partial charge in [-0.05, 0) is 19.4 Å². The molecule has 1 aromatic carbocycles. The molecule has 16 heavy (non-hydrogen) atoms. The summed E-state index contributed by atoms with van der Waals surface area (Å²) in [6.07, 6.45) is -0.653. The predicted octanol–water partition coefficient (Wildman–Crippen LogP) is 1.43. The van der Waals surface area contributed by atoms with Crippen LogP contribution in [-0.2, 0) is 11.2 Å². The van der Waals surface area contributed by atoms with Crippen LogP contribution in [0.25, 0.3) is 0 Å². The molecule has 0 saturated carbocycles. The fourth-order valence-electron chi connectivity index (χ4n) is 1.42. The van der Waals surface area contributed by atoms with E-state index in [-0.39, 0.29) is 0 Å². The minimum absolute atomic E-state index is 0.424. The number of hydrogen-bond donors (Lipinski definition) is 2. The highest BCUT2D eigenvalue weighted by Crippen LogP contribution is 2.15. The highest BCUT2D eigenvalue weighted by Gasteiger charge is 2.28. The summed E-state index contributed by atoms with van der Waals surface area (Å²) in [5.41, 5.74) is 11.4. The second kappa shape index (κ2) is 4.99. The second-order valence-corrected chi connectivity index (χ2v) is 4.44. The molecule has 1 atom stereocenters. The molecule has 0 aliphatic carbocycles. The van der Waals surface area contributed by atoms with Crippen molar-refractivity contribution < 1.29 is 9.53 Å². The van der Waals surface area contributed by atoms with Gasteiger partial charge in [0.15, 0.2) is 0 Å². The molecule has 1 rings (SSSR count). The van der Waals surface area contributed by atoms with Crippen molar-refractivity contribution in [1.29, 1.82) is 0 Å². The summed E-state index contributed by atoms with van der Waals surface area (Å²) >= 11 is 0. The number of benzene rings is 1. The van der Waals surface area contributed by atoms with Crippen LogP contribution in [0.4, 0.5) is 4.79 Å². The molecule has 0 heterocycles. The van der Waals surface area contributed by atoms with E-state index in [4.69, 9.17) is 16.2 Å². The van der Waals surface area contributed by atoms with E-state index in [1.54, 1.807) is 0 Å². The molecule has 0 fully saturated rings. The van der Waals surface area contributed by atoms with Gasteiger partial charge in [0.05, 0.1) is 0 Å². The smallest absolute Gasteiger partial charge is 0.404 e. The van der Waals surface area contributed by atoms with Crippen LogP contribution in [0.2, 0.25) is 0 Å². The molecule has 0 bridgehead atoms. The molecule has 1 amide bonds. The Morgan fingerprint density at radius 1 is 1.38 bits per heavy atom. The number of carbonyl (C=O) groups is 1. The molecule has 0 radical (unpaired) electrons. The van der Waals surface area contributed by atoms with Gasteiger partial charge in [0, 0.05) is 12.0 Å². The molecule has 4 N–H and O–H groups in total. The van der Waals surface area contributed by atoms with Gasteiger partial charge in [0.1, 0.15) is 6.10 Å². The fourth-order valence-corrected chi connectivity index (χ4v) is 1.42. The topological polar surface area (TPSA) is 78.3 Å². The summed E-state index contributed by atoms with van der Waals surface area (Å²) in [6.45, 7) is 3.62. The molecule has 1 aromatic rings. The Kier molecular flexibility index (Phi) is 3.90. The lowest BCUT2D eigenvalue weighted by atomic mass is 9.93. The van der Waals surface area contributed by atoms with Gasteiger partial charge in [0.2, 0.25) is 0 Å². The molecule has 4 heteroatoms. The first-order valence-electron chi connectivity index (χ1n) is 5.18. The van der Waals surface area contributed by atoms with Gasteiger partial charge >= 0.3 is 6.09 Å². The van der Waals surface area contributed by atoms with Crippen molar-refractivity contribution in [2.24, 2.45) is 11.5 Å². The third-order valence-electron chi connectivity index (χ3n) is 2.35. The minimum atomic E-state index is -0.792. The molecule has 0 saturated heterocycles. The third-order valence-corrected chi connectivity index (χ3v) is 2.35. The average Bonchev–Trinajstić information content (AvgIpc) is 2.16.